The third-order valence-corrected chi connectivity index (χ3v) is 1.52. The van der Waals surface area contributed by atoms with Crippen molar-refractivity contribution in [2.75, 3.05) is 13.2 Å². The maximum Gasteiger partial charge on any atom is 0.292 e. The highest BCUT2D eigenvalue weighted by Crippen LogP contribution is 2.22. The van der Waals surface area contributed by atoms with Gasteiger partial charge in [0.15, 0.2) is 0 Å². The predicted octanol–water partition coefficient (Wildman–Crippen LogP) is 0.398. The Morgan fingerprint density at radius 3 is 3.00 bits per heavy atom. The molecular formula is C6H10F2N2O. The number of nitrogens with two attached hydrogens (primary N) is 1. The van der Waals surface area contributed by atoms with E-state index in [-0.39, 0.29) is 12.4 Å². The summed E-state index contributed by atoms with van der Waals surface area (Å²) < 4.78 is 30.1. The number of aliphatic imine (C=N–C) groups is 1. The molecule has 0 saturated carbocycles. The van der Waals surface area contributed by atoms with Gasteiger partial charge in [0.25, 0.3) is 5.92 Å². The van der Waals surface area contributed by atoms with E-state index in [1.54, 1.807) is 0 Å². The molecule has 1 heterocycles. The van der Waals surface area contributed by atoms with Gasteiger partial charge in [0.2, 0.25) is 0 Å². The summed E-state index contributed by atoms with van der Waals surface area (Å²) in [5.41, 5.74) is 5.24. The number of rotatable bonds is 0. The van der Waals surface area contributed by atoms with Crippen LogP contribution in [0.3, 0.4) is 0 Å². The van der Waals surface area contributed by atoms with E-state index in [2.05, 4.69) is 9.73 Å². The first-order valence-electron chi connectivity index (χ1n) is 3.30. The van der Waals surface area contributed by atoms with Gasteiger partial charge in [-0.1, -0.05) is 0 Å². The Bertz CT molecular complexity index is 181. The molecule has 11 heavy (non-hydrogen) atoms. The molecule has 1 aliphatic heterocycles. The summed E-state index contributed by atoms with van der Waals surface area (Å²) in [5.74, 6) is -2.75. The molecule has 64 valence electrons. The van der Waals surface area contributed by atoms with E-state index in [0.717, 1.165) is 0 Å². The van der Waals surface area contributed by atoms with Gasteiger partial charge in [0.05, 0.1) is 0 Å². The summed E-state index contributed by atoms with van der Waals surface area (Å²) in [6, 6.07) is -1.08. The van der Waals surface area contributed by atoms with Crippen LogP contribution < -0.4 is 5.73 Å². The molecule has 0 aliphatic carbocycles. The second kappa shape index (κ2) is 2.73. The van der Waals surface area contributed by atoms with Crippen molar-refractivity contribution in [3.05, 3.63) is 0 Å². The summed E-state index contributed by atoms with van der Waals surface area (Å²) in [5, 5.41) is 0. The highest BCUT2D eigenvalue weighted by molar-refractivity contribution is 5.81. The Labute approximate surface area is 63.2 Å². The Morgan fingerprint density at radius 2 is 2.36 bits per heavy atom. The van der Waals surface area contributed by atoms with Crippen LogP contribution in [0.4, 0.5) is 8.78 Å². The minimum absolute atomic E-state index is 0.0000694. The van der Waals surface area contributed by atoms with Gasteiger partial charge in [-0.05, 0) is 6.92 Å². The first-order valence-corrected chi connectivity index (χ1v) is 3.30. The second-order valence-electron chi connectivity index (χ2n) is 2.55. The Hall–Kier alpha value is -0.710. The number of halogens is 2. The van der Waals surface area contributed by atoms with E-state index in [9.17, 15) is 8.78 Å². The summed E-state index contributed by atoms with van der Waals surface area (Å²) in [4.78, 5) is 3.55. The average Bonchev–Trinajstić information content (AvgIpc) is 1.94. The zero-order chi connectivity index (χ0) is 8.48. The first kappa shape index (κ1) is 8.39. The normalized spacial score (nSPS) is 30.8. The van der Waals surface area contributed by atoms with Crippen LogP contribution in [0.25, 0.3) is 0 Å². The van der Waals surface area contributed by atoms with Crippen molar-refractivity contribution in [2.24, 2.45) is 10.7 Å². The highest BCUT2D eigenvalue weighted by Gasteiger charge is 2.38. The lowest BCUT2D eigenvalue weighted by Gasteiger charge is -2.16. The van der Waals surface area contributed by atoms with Crippen molar-refractivity contribution in [3.8, 4) is 0 Å². The van der Waals surface area contributed by atoms with Crippen molar-refractivity contribution in [1.29, 1.82) is 0 Å². The SMILES string of the molecule is CC1N=C(N)COCC1(F)F. The van der Waals surface area contributed by atoms with Gasteiger partial charge in [0, 0.05) is 0 Å². The number of amidine groups is 1. The Morgan fingerprint density at radius 1 is 1.73 bits per heavy atom. The maximum absolute atomic E-state index is 12.7. The standard InChI is InChI=1S/C6H10F2N2O/c1-4-6(7,8)3-11-2-5(9)10-4/h4H,2-3H2,1H3,(H2,9,10). The van der Waals surface area contributed by atoms with Gasteiger partial charge in [-0.25, -0.2) is 8.78 Å². The van der Waals surface area contributed by atoms with E-state index in [1.807, 2.05) is 0 Å². The van der Waals surface area contributed by atoms with Crippen LogP contribution in [0, 0.1) is 0 Å². The second-order valence-corrected chi connectivity index (χ2v) is 2.55. The lowest BCUT2D eigenvalue weighted by Crippen LogP contribution is -2.33. The fraction of sp³-hybridized carbons (Fsp3) is 0.833. The van der Waals surface area contributed by atoms with Gasteiger partial charge in [-0.3, -0.25) is 4.99 Å². The average molecular weight is 164 g/mol. The van der Waals surface area contributed by atoms with Crippen molar-refractivity contribution in [3.63, 3.8) is 0 Å². The number of alkyl halides is 2. The van der Waals surface area contributed by atoms with Gasteiger partial charge >= 0.3 is 0 Å². The minimum Gasteiger partial charge on any atom is -0.386 e. The quantitative estimate of drug-likeness (QED) is 0.563. The lowest BCUT2D eigenvalue weighted by molar-refractivity contribution is -0.0776. The minimum atomic E-state index is -2.89. The van der Waals surface area contributed by atoms with Crippen LogP contribution >= 0.6 is 0 Å². The predicted molar refractivity (Wildman–Crippen MR) is 36.9 cm³/mol. The number of ether oxygens (including phenoxy) is 1. The topological polar surface area (TPSA) is 47.6 Å². The van der Waals surface area contributed by atoms with Crippen molar-refractivity contribution < 1.29 is 13.5 Å². The molecule has 0 bridgehead atoms. The summed E-state index contributed by atoms with van der Waals surface area (Å²) in [7, 11) is 0. The third kappa shape index (κ3) is 1.86. The van der Waals surface area contributed by atoms with E-state index in [4.69, 9.17) is 5.73 Å². The van der Waals surface area contributed by atoms with Crippen LogP contribution in [0.2, 0.25) is 0 Å². The molecule has 0 amide bonds. The zero-order valence-corrected chi connectivity index (χ0v) is 6.18. The number of hydrogen-bond acceptors (Lipinski definition) is 3. The third-order valence-electron chi connectivity index (χ3n) is 1.52. The fourth-order valence-electron chi connectivity index (χ4n) is 0.793. The first-order chi connectivity index (χ1) is 5.02. The molecule has 1 aliphatic rings. The maximum atomic E-state index is 12.7. The molecule has 1 rings (SSSR count). The zero-order valence-electron chi connectivity index (χ0n) is 6.18. The fourth-order valence-corrected chi connectivity index (χ4v) is 0.793. The smallest absolute Gasteiger partial charge is 0.292 e. The number of nitrogens with zero attached hydrogens (tertiary/aromatic N) is 1. The molecular weight excluding hydrogens is 154 g/mol. The monoisotopic (exact) mass is 164 g/mol. The number of hydrogen-bond donors (Lipinski definition) is 1. The van der Waals surface area contributed by atoms with Crippen LogP contribution in [0.15, 0.2) is 4.99 Å². The van der Waals surface area contributed by atoms with E-state index < -0.39 is 18.6 Å². The van der Waals surface area contributed by atoms with Crippen LogP contribution in [-0.4, -0.2) is 31.0 Å². The van der Waals surface area contributed by atoms with Crippen LogP contribution in [0.5, 0.6) is 0 Å². The molecule has 3 nitrogen and oxygen atoms in total. The van der Waals surface area contributed by atoms with E-state index in [1.165, 1.54) is 6.92 Å². The molecule has 0 aromatic rings. The van der Waals surface area contributed by atoms with Crippen LogP contribution in [-0.2, 0) is 4.74 Å². The molecule has 0 aromatic carbocycles. The molecule has 1 unspecified atom stereocenters. The molecule has 0 spiro atoms. The van der Waals surface area contributed by atoms with Crippen molar-refractivity contribution in [1.82, 2.24) is 0 Å². The Kier molecular flexibility index (Phi) is 2.08. The largest absolute Gasteiger partial charge is 0.386 e. The molecule has 1 atom stereocenters. The van der Waals surface area contributed by atoms with E-state index >= 15 is 0 Å². The molecule has 0 aromatic heterocycles. The molecule has 0 saturated heterocycles. The Balaban J connectivity index is 2.75. The molecule has 0 fully saturated rings. The molecule has 0 radical (unpaired) electrons. The lowest BCUT2D eigenvalue weighted by atomic mass is 10.2. The van der Waals surface area contributed by atoms with Gasteiger partial charge in [-0.15, -0.1) is 0 Å². The molecule has 5 heteroatoms. The van der Waals surface area contributed by atoms with Gasteiger partial charge < -0.3 is 10.5 Å². The van der Waals surface area contributed by atoms with Crippen LogP contribution in [0.1, 0.15) is 6.92 Å². The summed E-state index contributed by atoms with van der Waals surface area (Å²) >= 11 is 0. The van der Waals surface area contributed by atoms with E-state index in [0.29, 0.717) is 0 Å². The molecule has 2 N–H and O–H groups in total. The summed E-state index contributed by atoms with van der Waals surface area (Å²) in [6.45, 7) is 0.722. The highest BCUT2D eigenvalue weighted by atomic mass is 19.3. The van der Waals surface area contributed by atoms with Gasteiger partial charge in [-0.2, -0.15) is 0 Å². The summed E-state index contributed by atoms with van der Waals surface area (Å²) in [6.07, 6.45) is 0. The van der Waals surface area contributed by atoms with Crippen molar-refractivity contribution >= 4 is 5.84 Å². The van der Waals surface area contributed by atoms with Gasteiger partial charge in [0.1, 0.15) is 25.1 Å². The van der Waals surface area contributed by atoms with Crippen molar-refractivity contribution in [2.45, 2.75) is 18.9 Å².